The molecule has 0 saturated carbocycles. The topological polar surface area (TPSA) is 78.9 Å². The second kappa shape index (κ2) is 49.3. The van der Waals surface area contributed by atoms with Gasteiger partial charge in [-0.15, -0.1) is 0 Å². The Morgan fingerprint density at radius 1 is 0.350 bits per heavy atom. The summed E-state index contributed by atoms with van der Waals surface area (Å²) in [5, 5.41) is 0. The Labute approximate surface area is 372 Å². The lowest BCUT2D eigenvalue weighted by atomic mass is 10.0. The number of unbranched alkanes of at least 4 members (excludes halogenated alkanes) is 31. The van der Waals surface area contributed by atoms with Crippen LogP contribution in [0.5, 0.6) is 0 Å². The number of rotatable bonds is 47. The van der Waals surface area contributed by atoms with Crippen LogP contribution < -0.4 is 0 Å². The highest BCUT2D eigenvalue weighted by atomic mass is 16.6. The van der Waals surface area contributed by atoms with Gasteiger partial charge in [0, 0.05) is 12.8 Å². The number of hydrogen-bond donors (Lipinski definition) is 0. The van der Waals surface area contributed by atoms with E-state index in [0.29, 0.717) is 12.8 Å². The average molecular weight is 843 g/mol. The van der Waals surface area contributed by atoms with Crippen LogP contribution in [0.25, 0.3) is 0 Å². The molecule has 0 aliphatic heterocycles. The minimum Gasteiger partial charge on any atom is -0.462 e. The van der Waals surface area contributed by atoms with Gasteiger partial charge in [0.15, 0.2) is 6.10 Å². The first-order valence-electron chi connectivity index (χ1n) is 26.0. The molecule has 350 valence electrons. The van der Waals surface area contributed by atoms with Crippen molar-refractivity contribution in [2.75, 3.05) is 13.2 Å². The van der Waals surface area contributed by atoms with Crippen LogP contribution in [0.1, 0.15) is 271 Å². The lowest BCUT2D eigenvalue weighted by Gasteiger charge is -2.18. The molecular formula is C54H98O6. The molecule has 0 rings (SSSR count). The van der Waals surface area contributed by atoms with Crippen molar-refractivity contribution >= 4 is 17.9 Å². The zero-order valence-corrected chi connectivity index (χ0v) is 40.0. The fourth-order valence-electron chi connectivity index (χ4n) is 7.56. The molecule has 0 aliphatic rings. The summed E-state index contributed by atoms with van der Waals surface area (Å²) in [6.45, 7) is 6.45. The number of carbonyl (C=O) groups is 3. The standard InChI is InChI=1S/C54H98O6/c1-4-7-10-13-16-19-21-23-25-26-27-28-29-31-32-35-38-41-44-47-53(56)59-50-51(49-58-52(55)46-43-40-37-34-18-15-12-9-6-3)60-54(57)48-45-42-39-36-33-30-24-22-20-17-14-11-8-5-2/h9,12,18,34,40,43,51H,4-8,10-11,13-17,19-33,35-39,41-42,44-50H2,1-3H3/b12-9-,34-18-,43-40-. The summed E-state index contributed by atoms with van der Waals surface area (Å²) in [5.41, 5.74) is 0. The van der Waals surface area contributed by atoms with E-state index >= 15 is 0 Å². The zero-order valence-electron chi connectivity index (χ0n) is 40.0. The molecule has 1 atom stereocenters. The molecule has 0 N–H and O–H groups in total. The quantitative estimate of drug-likeness (QED) is 0.0263. The molecule has 0 aromatic heterocycles. The molecule has 0 heterocycles. The van der Waals surface area contributed by atoms with Crippen molar-refractivity contribution in [3.63, 3.8) is 0 Å². The highest BCUT2D eigenvalue weighted by Gasteiger charge is 2.19. The second-order valence-electron chi connectivity index (χ2n) is 17.4. The molecule has 0 amide bonds. The largest absolute Gasteiger partial charge is 0.462 e. The minimum absolute atomic E-state index is 0.0944. The number of esters is 3. The Kier molecular flexibility index (Phi) is 47.3. The fraction of sp³-hybridized carbons (Fsp3) is 0.833. The molecule has 0 aromatic rings. The molecule has 0 spiro atoms. The molecule has 0 saturated heterocycles. The highest BCUT2D eigenvalue weighted by Crippen LogP contribution is 2.16. The summed E-state index contributed by atoms with van der Waals surface area (Å²) in [5.74, 6) is -1.01. The summed E-state index contributed by atoms with van der Waals surface area (Å²) < 4.78 is 16.7. The third-order valence-corrected chi connectivity index (χ3v) is 11.4. The van der Waals surface area contributed by atoms with E-state index in [2.05, 4.69) is 45.1 Å². The molecule has 0 aliphatic carbocycles. The molecule has 0 fully saturated rings. The van der Waals surface area contributed by atoms with Crippen LogP contribution in [0, 0.1) is 0 Å². The van der Waals surface area contributed by atoms with E-state index in [1.165, 1.54) is 173 Å². The van der Waals surface area contributed by atoms with Gasteiger partial charge in [0.25, 0.3) is 0 Å². The average Bonchev–Trinajstić information content (AvgIpc) is 3.24. The fourth-order valence-corrected chi connectivity index (χ4v) is 7.56. The minimum atomic E-state index is -0.801. The van der Waals surface area contributed by atoms with E-state index in [9.17, 15) is 14.4 Å². The highest BCUT2D eigenvalue weighted by molar-refractivity contribution is 5.72. The Morgan fingerprint density at radius 3 is 1.02 bits per heavy atom. The van der Waals surface area contributed by atoms with E-state index in [1.807, 2.05) is 6.08 Å². The lowest BCUT2D eigenvalue weighted by Crippen LogP contribution is -2.30. The Balaban J connectivity index is 4.28. The first-order chi connectivity index (χ1) is 29.5. The van der Waals surface area contributed by atoms with Gasteiger partial charge in [-0.3, -0.25) is 14.4 Å². The normalized spacial score (nSPS) is 12.2. The number of carbonyl (C=O) groups excluding carboxylic acids is 3. The van der Waals surface area contributed by atoms with Gasteiger partial charge in [0.1, 0.15) is 13.2 Å². The predicted octanol–water partition coefficient (Wildman–Crippen LogP) is 16.9. The van der Waals surface area contributed by atoms with E-state index < -0.39 is 12.1 Å². The molecule has 60 heavy (non-hydrogen) atoms. The molecule has 6 nitrogen and oxygen atoms in total. The van der Waals surface area contributed by atoms with Crippen LogP contribution in [0.2, 0.25) is 0 Å². The van der Waals surface area contributed by atoms with Crippen molar-refractivity contribution in [3.05, 3.63) is 36.5 Å². The number of ether oxygens (including phenoxy) is 3. The van der Waals surface area contributed by atoms with Gasteiger partial charge in [0.2, 0.25) is 0 Å². The smallest absolute Gasteiger partial charge is 0.309 e. The van der Waals surface area contributed by atoms with Crippen molar-refractivity contribution in [1.29, 1.82) is 0 Å². The molecule has 6 heteroatoms. The van der Waals surface area contributed by atoms with Crippen LogP contribution in [0.4, 0.5) is 0 Å². The maximum atomic E-state index is 12.8. The van der Waals surface area contributed by atoms with E-state index in [1.54, 1.807) is 6.08 Å². The molecule has 0 radical (unpaired) electrons. The predicted molar refractivity (Wildman–Crippen MR) is 256 cm³/mol. The summed E-state index contributed by atoms with van der Waals surface area (Å²) >= 11 is 0. The van der Waals surface area contributed by atoms with Crippen LogP contribution in [-0.4, -0.2) is 37.2 Å². The van der Waals surface area contributed by atoms with Crippen LogP contribution in [-0.2, 0) is 28.6 Å². The van der Waals surface area contributed by atoms with Gasteiger partial charge in [-0.1, -0.05) is 256 Å². The van der Waals surface area contributed by atoms with Gasteiger partial charge in [-0.25, -0.2) is 0 Å². The summed E-state index contributed by atoms with van der Waals surface area (Å²) in [6.07, 6.45) is 57.4. The van der Waals surface area contributed by atoms with Gasteiger partial charge >= 0.3 is 17.9 Å². The zero-order chi connectivity index (χ0) is 43.7. The molecule has 1 unspecified atom stereocenters. The van der Waals surface area contributed by atoms with Gasteiger partial charge in [0.05, 0.1) is 6.42 Å². The van der Waals surface area contributed by atoms with Crippen LogP contribution >= 0.6 is 0 Å². The van der Waals surface area contributed by atoms with Crippen molar-refractivity contribution in [3.8, 4) is 0 Å². The van der Waals surface area contributed by atoms with Crippen molar-refractivity contribution in [2.24, 2.45) is 0 Å². The first kappa shape index (κ1) is 57.6. The Hall–Kier alpha value is -2.37. The maximum Gasteiger partial charge on any atom is 0.309 e. The van der Waals surface area contributed by atoms with E-state index in [4.69, 9.17) is 14.2 Å². The summed E-state index contributed by atoms with van der Waals surface area (Å²) in [4.78, 5) is 37.8. The molecule has 0 aromatic carbocycles. The third-order valence-electron chi connectivity index (χ3n) is 11.4. The molecule has 0 bridgehead atoms. The van der Waals surface area contributed by atoms with Gasteiger partial charge < -0.3 is 14.2 Å². The Bertz CT molecular complexity index is 1020. The summed E-state index contributed by atoms with van der Waals surface area (Å²) in [6, 6.07) is 0. The van der Waals surface area contributed by atoms with Crippen LogP contribution in [0.15, 0.2) is 36.5 Å². The first-order valence-corrected chi connectivity index (χ1v) is 26.0. The third kappa shape index (κ3) is 46.7. The molecular weight excluding hydrogens is 745 g/mol. The van der Waals surface area contributed by atoms with E-state index in [-0.39, 0.29) is 31.6 Å². The van der Waals surface area contributed by atoms with Gasteiger partial charge in [-0.05, 0) is 32.1 Å². The SMILES string of the molecule is CC/C=C\C/C=C\C/C=C\CC(=O)OCC(COC(=O)CCCCCCCCCCCCCCCCCCCCC)OC(=O)CCCCCCCCCCCCCCCC. The van der Waals surface area contributed by atoms with Crippen molar-refractivity contribution < 1.29 is 28.6 Å². The van der Waals surface area contributed by atoms with Crippen molar-refractivity contribution in [2.45, 2.75) is 277 Å². The van der Waals surface area contributed by atoms with E-state index in [0.717, 1.165) is 57.8 Å². The van der Waals surface area contributed by atoms with Gasteiger partial charge in [-0.2, -0.15) is 0 Å². The Morgan fingerprint density at radius 2 is 0.650 bits per heavy atom. The lowest BCUT2D eigenvalue weighted by molar-refractivity contribution is -0.166. The van der Waals surface area contributed by atoms with Crippen LogP contribution in [0.3, 0.4) is 0 Å². The maximum absolute atomic E-state index is 12.8. The second-order valence-corrected chi connectivity index (χ2v) is 17.4. The number of hydrogen-bond acceptors (Lipinski definition) is 6. The summed E-state index contributed by atoms with van der Waals surface area (Å²) in [7, 11) is 0. The monoisotopic (exact) mass is 843 g/mol. The number of allylic oxidation sites excluding steroid dienone is 5. The van der Waals surface area contributed by atoms with Crippen molar-refractivity contribution in [1.82, 2.24) is 0 Å².